The predicted octanol–water partition coefficient (Wildman–Crippen LogP) is 4.95. The molecule has 0 fully saturated rings. The van der Waals surface area contributed by atoms with Gasteiger partial charge in [0.15, 0.2) is 11.6 Å². The van der Waals surface area contributed by atoms with Crippen LogP contribution in [0.15, 0.2) is 42.5 Å². The predicted molar refractivity (Wildman–Crippen MR) is 72.9 cm³/mol. The molecule has 1 unspecified atom stereocenters. The van der Waals surface area contributed by atoms with E-state index in [1.54, 1.807) is 6.07 Å². The van der Waals surface area contributed by atoms with Crippen molar-refractivity contribution < 1.29 is 8.78 Å². The summed E-state index contributed by atoms with van der Waals surface area (Å²) in [6.45, 7) is 2.03. The second kappa shape index (κ2) is 5.61. The fraction of sp³-hybridized carbons (Fsp3) is 0.200. The van der Waals surface area contributed by atoms with E-state index >= 15 is 0 Å². The van der Waals surface area contributed by atoms with Crippen LogP contribution in [-0.4, -0.2) is 0 Å². The summed E-state index contributed by atoms with van der Waals surface area (Å²) in [6.07, 6.45) is 0.743. The molecule has 0 N–H and O–H groups in total. The highest BCUT2D eigenvalue weighted by Crippen LogP contribution is 2.28. The third-order valence-electron chi connectivity index (χ3n) is 2.80. The lowest BCUT2D eigenvalue weighted by Crippen LogP contribution is -1.97. The maximum atomic E-state index is 13.1. The van der Waals surface area contributed by atoms with Gasteiger partial charge in [0.05, 0.1) is 0 Å². The fourth-order valence-electron chi connectivity index (χ4n) is 1.87. The van der Waals surface area contributed by atoms with Crippen molar-refractivity contribution >= 4 is 15.9 Å². The number of benzene rings is 2. The van der Waals surface area contributed by atoms with Gasteiger partial charge in [-0.05, 0) is 36.6 Å². The van der Waals surface area contributed by atoms with E-state index < -0.39 is 11.6 Å². The van der Waals surface area contributed by atoms with E-state index in [9.17, 15) is 8.78 Å². The average molecular weight is 311 g/mol. The van der Waals surface area contributed by atoms with Gasteiger partial charge in [-0.25, -0.2) is 8.78 Å². The van der Waals surface area contributed by atoms with Crippen LogP contribution in [0.5, 0.6) is 0 Å². The van der Waals surface area contributed by atoms with Crippen LogP contribution in [0.3, 0.4) is 0 Å². The average Bonchev–Trinajstić information content (AvgIpc) is 2.32. The third-order valence-corrected chi connectivity index (χ3v) is 3.66. The van der Waals surface area contributed by atoms with Crippen LogP contribution < -0.4 is 0 Å². The Morgan fingerprint density at radius 1 is 1.06 bits per heavy atom. The number of hydrogen-bond acceptors (Lipinski definition) is 0. The van der Waals surface area contributed by atoms with Gasteiger partial charge in [-0.2, -0.15) is 0 Å². The number of aryl methyl sites for hydroxylation is 1. The Kier molecular flexibility index (Phi) is 4.12. The van der Waals surface area contributed by atoms with E-state index in [1.807, 2.05) is 25.1 Å². The zero-order valence-electron chi connectivity index (χ0n) is 9.96. The summed E-state index contributed by atoms with van der Waals surface area (Å²) in [5, 5.41) is 0. The zero-order chi connectivity index (χ0) is 13.1. The van der Waals surface area contributed by atoms with Gasteiger partial charge >= 0.3 is 0 Å². The van der Waals surface area contributed by atoms with Gasteiger partial charge in [0.25, 0.3) is 0 Å². The van der Waals surface area contributed by atoms with Crippen LogP contribution in [0.4, 0.5) is 8.78 Å². The first kappa shape index (κ1) is 13.2. The van der Waals surface area contributed by atoms with Crippen molar-refractivity contribution in [2.75, 3.05) is 0 Å². The Morgan fingerprint density at radius 3 is 2.50 bits per heavy atom. The molecule has 0 bridgehead atoms. The highest BCUT2D eigenvalue weighted by molar-refractivity contribution is 9.09. The van der Waals surface area contributed by atoms with Crippen molar-refractivity contribution in [2.24, 2.45) is 0 Å². The summed E-state index contributed by atoms with van der Waals surface area (Å²) in [4.78, 5) is -0.0191. The van der Waals surface area contributed by atoms with Gasteiger partial charge in [-0.15, -0.1) is 0 Å². The largest absolute Gasteiger partial charge is 0.204 e. The molecule has 3 heteroatoms. The number of hydrogen-bond donors (Lipinski definition) is 0. The molecule has 18 heavy (non-hydrogen) atoms. The van der Waals surface area contributed by atoms with Crippen LogP contribution in [0.2, 0.25) is 0 Å². The standard InChI is InChI=1S/C15H13BrF2/c1-10-3-2-4-11(7-10)8-13(16)12-5-6-14(17)15(18)9-12/h2-7,9,13H,8H2,1H3. The third kappa shape index (κ3) is 3.16. The molecule has 0 aliphatic heterocycles. The summed E-state index contributed by atoms with van der Waals surface area (Å²) in [5.41, 5.74) is 3.11. The Hall–Kier alpha value is -1.22. The van der Waals surface area contributed by atoms with Crippen molar-refractivity contribution in [1.82, 2.24) is 0 Å². The first-order valence-electron chi connectivity index (χ1n) is 5.71. The van der Waals surface area contributed by atoms with Crippen LogP contribution in [-0.2, 0) is 6.42 Å². The monoisotopic (exact) mass is 310 g/mol. The van der Waals surface area contributed by atoms with Crippen molar-refractivity contribution in [1.29, 1.82) is 0 Å². The van der Waals surface area contributed by atoms with Crippen LogP contribution >= 0.6 is 15.9 Å². The summed E-state index contributed by atoms with van der Waals surface area (Å²) in [7, 11) is 0. The van der Waals surface area contributed by atoms with Crippen molar-refractivity contribution in [3.8, 4) is 0 Å². The van der Waals surface area contributed by atoms with Crippen molar-refractivity contribution in [2.45, 2.75) is 18.2 Å². The SMILES string of the molecule is Cc1cccc(CC(Br)c2ccc(F)c(F)c2)c1. The lowest BCUT2D eigenvalue weighted by molar-refractivity contribution is 0.507. The summed E-state index contributed by atoms with van der Waals surface area (Å²) >= 11 is 3.52. The minimum atomic E-state index is -0.811. The lowest BCUT2D eigenvalue weighted by atomic mass is 10.0. The molecular formula is C15H13BrF2. The van der Waals surface area contributed by atoms with Crippen LogP contribution in [0.1, 0.15) is 21.5 Å². The van der Waals surface area contributed by atoms with Crippen LogP contribution in [0.25, 0.3) is 0 Å². The second-order valence-corrected chi connectivity index (χ2v) is 5.44. The topological polar surface area (TPSA) is 0 Å². The molecule has 0 saturated carbocycles. The summed E-state index contributed by atoms with van der Waals surface area (Å²) in [6, 6.07) is 12.2. The normalized spacial score (nSPS) is 12.4. The first-order valence-corrected chi connectivity index (χ1v) is 6.62. The molecule has 2 aromatic rings. The van der Waals surface area contributed by atoms with Crippen LogP contribution in [0, 0.1) is 18.6 Å². The van der Waals surface area contributed by atoms with E-state index in [0.717, 1.165) is 18.1 Å². The van der Waals surface area contributed by atoms with Crippen molar-refractivity contribution in [3.63, 3.8) is 0 Å². The van der Waals surface area contributed by atoms with Gasteiger partial charge in [-0.1, -0.05) is 51.8 Å². The first-order chi connectivity index (χ1) is 8.56. The molecule has 0 saturated heterocycles. The Bertz CT molecular complexity index is 552. The molecular weight excluding hydrogens is 298 g/mol. The van der Waals surface area contributed by atoms with E-state index in [1.165, 1.54) is 17.2 Å². The smallest absolute Gasteiger partial charge is 0.159 e. The molecule has 2 rings (SSSR count). The van der Waals surface area contributed by atoms with Crippen molar-refractivity contribution in [3.05, 3.63) is 70.8 Å². The summed E-state index contributed by atoms with van der Waals surface area (Å²) in [5.74, 6) is -1.62. The van der Waals surface area contributed by atoms with Gasteiger partial charge < -0.3 is 0 Å². The molecule has 0 spiro atoms. The maximum absolute atomic E-state index is 13.1. The Balaban J connectivity index is 2.16. The summed E-state index contributed by atoms with van der Waals surface area (Å²) < 4.78 is 26.0. The molecule has 0 amide bonds. The fourth-order valence-corrected chi connectivity index (χ4v) is 2.53. The minimum Gasteiger partial charge on any atom is -0.204 e. The van der Waals surface area contributed by atoms with E-state index in [2.05, 4.69) is 22.0 Å². The molecule has 0 radical (unpaired) electrons. The Labute approximate surface area is 114 Å². The molecule has 0 nitrogen and oxygen atoms in total. The molecule has 94 valence electrons. The zero-order valence-corrected chi connectivity index (χ0v) is 11.5. The minimum absolute atomic E-state index is 0.0191. The molecule has 2 aromatic carbocycles. The van der Waals surface area contributed by atoms with Gasteiger partial charge in [0.1, 0.15) is 0 Å². The molecule has 0 heterocycles. The highest BCUT2D eigenvalue weighted by atomic mass is 79.9. The highest BCUT2D eigenvalue weighted by Gasteiger charge is 2.11. The van der Waals surface area contributed by atoms with Gasteiger partial charge in [0, 0.05) is 4.83 Å². The Morgan fingerprint density at radius 2 is 1.83 bits per heavy atom. The molecule has 0 aliphatic carbocycles. The number of rotatable bonds is 3. The quantitative estimate of drug-likeness (QED) is 0.703. The lowest BCUT2D eigenvalue weighted by Gasteiger charge is -2.11. The number of halogens is 3. The van der Waals surface area contributed by atoms with E-state index in [0.29, 0.717) is 0 Å². The number of alkyl halides is 1. The molecule has 0 aromatic heterocycles. The maximum Gasteiger partial charge on any atom is 0.159 e. The van der Waals surface area contributed by atoms with E-state index in [-0.39, 0.29) is 4.83 Å². The van der Waals surface area contributed by atoms with Gasteiger partial charge in [0.2, 0.25) is 0 Å². The molecule has 0 aliphatic rings. The second-order valence-electron chi connectivity index (χ2n) is 4.33. The van der Waals surface area contributed by atoms with Gasteiger partial charge in [-0.3, -0.25) is 0 Å². The molecule has 1 atom stereocenters. The van der Waals surface area contributed by atoms with E-state index in [4.69, 9.17) is 0 Å².